The fourth-order valence-electron chi connectivity index (χ4n) is 4.17. The van der Waals surface area contributed by atoms with Crippen LogP contribution in [0.1, 0.15) is 43.9 Å². The first-order chi connectivity index (χ1) is 17.0. The van der Waals surface area contributed by atoms with E-state index in [9.17, 15) is 9.59 Å². The molecule has 0 aliphatic carbocycles. The Morgan fingerprint density at radius 2 is 1.94 bits per heavy atom. The molecule has 1 aromatic heterocycles. The number of methoxy groups -OCH3 is 1. The van der Waals surface area contributed by atoms with Crippen molar-refractivity contribution < 1.29 is 14.3 Å². The van der Waals surface area contributed by atoms with Crippen molar-refractivity contribution in [2.45, 2.75) is 34.1 Å². The minimum atomic E-state index is -0.620. The summed E-state index contributed by atoms with van der Waals surface area (Å²) in [6, 6.07) is 8.98. The van der Waals surface area contributed by atoms with E-state index in [0.717, 1.165) is 30.6 Å². The number of aromatic nitrogens is 1. The third kappa shape index (κ3) is 6.56. The zero-order chi connectivity index (χ0) is 26.5. The van der Waals surface area contributed by atoms with Crippen LogP contribution in [0.5, 0.6) is 0 Å². The lowest BCUT2D eigenvalue weighted by Crippen LogP contribution is -2.34. The van der Waals surface area contributed by atoms with E-state index < -0.39 is 6.09 Å². The molecule has 36 heavy (non-hydrogen) atoms. The van der Waals surface area contributed by atoms with Crippen LogP contribution >= 0.6 is 0 Å². The zero-order valence-electron chi connectivity index (χ0n) is 21.6. The van der Waals surface area contributed by atoms with Gasteiger partial charge in [0.2, 0.25) is 0 Å². The highest BCUT2D eigenvalue weighted by atomic mass is 16.5. The second kappa shape index (κ2) is 11.2. The maximum atomic E-state index is 12.9. The number of ether oxygens (including phenoxy) is 1. The number of aryl methyl sites for hydroxylation is 1. The van der Waals surface area contributed by atoms with Crippen LogP contribution in [0.2, 0.25) is 0 Å². The number of benzene rings is 1. The molecule has 0 bridgehead atoms. The highest BCUT2D eigenvalue weighted by molar-refractivity contribution is 5.91. The molecule has 192 valence electrons. The summed E-state index contributed by atoms with van der Waals surface area (Å²) in [6.07, 6.45) is 5.12. The molecule has 3 rings (SSSR count). The highest BCUT2D eigenvalue weighted by Gasteiger charge is 2.33. The number of pyridine rings is 1. The van der Waals surface area contributed by atoms with E-state index in [0.29, 0.717) is 34.3 Å². The first-order valence-electron chi connectivity index (χ1n) is 11.9. The SMILES string of the molecule is COC(=O)Nc1cc(C(/C=C(\N)c2cc(NC(=O)N3CCC(C(C)(C)C)C3)ccc2C)=C/N)ccn1. The molecule has 9 nitrogen and oxygen atoms in total. The Kier molecular flexibility index (Phi) is 8.24. The second-order valence-electron chi connectivity index (χ2n) is 10.0. The number of amides is 3. The number of anilines is 2. The summed E-state index contributed by atoms with van der Waals surface area (Å²) in [7, 11) is 1.28. The molecule has 1 aliphatic rings. The average Bonchev–Trinajstić information content (AvgIpc) is 3.35. The van der Waals surface area contributed by atoms with Crippen LogP contribution in [0.3, 0.4) is 0 Å². The number of carbonyl (C=O) groups is 2. The molecule has 2 aromatic rings. The molecule has 0 spiro atoms. The van der Waals surface area contributed by atoms with Gasteiger partial charge in [-0.05, 0) is 71.7 Å². The molecular formula is C27H36N6O3. The minimum absolute atomic E-state index is 0.107. The predicted octanol–water partition coefficient (Wildman–Crippen LogP) is 4.77. The van der Waals surface area contributed by atoms with Gasteiger partial charge in [-0.15, -0.1) is 0 Å². The van der Waals surface area contributed by atoms with Crippen LogP contribution in [-0.4, -0.2) is 42.2 Å². The van der Waals surface area contributed by atoms with E-state index in [-0.39, 0.29) is 11.4 Å². The number of nitrogens with one attached hydrogen (secondary N) is 2. The summed E-state index contributed by atoms with van der Waals surface area (Å²) in [5.74, 6) is 0.801. The maximum absolute atomic E-state index is 12.9. The van der Waals surface area contributed by atoms with Gasteiger partial charge in [-0.1, -0.05) is 26.8 Å². The summed E-state index contributed by atoms with van der Waals surface area (Å²) in [5, 5.41) is 5.54. The van der Waals surface area contributed by atoms with E-state index in [1.54, 1.807) is 24.4 Å². The van der Waals surface area contributed by atoms with Crippen molar-refractivity contribution in [3.63, 3.8) is 0 Å². The van der Waals surface area contributed by atoms with Gasteiger partial charge in [0.1, 0.15) is 5.82 Å². The number of hydrogen-bond donors (Lipinski definition) is 4. The summed E-state index contributed by atoms with van der Waals surface area (Å²) < 4.78 is 4.61. The van der Waals surface area contributed by atoms with Gasteiger partial charge < -0.3 is 26.4 Å². The standard InChI is InChI=1S/C27H36N6O3/c1-17-6-7-21(31-25(34)33-11-9-20(16-33)27(2,3)4)14-22(17)23(29)12-19(15-28)18-8-10-30-24(13-18)32-26(35)36-5/h6-8,10,12-15,20H,9,11,16,28-29H2,1-5H3,(H,31,34)(H,30,32,35)/b19-15+,23-12-. The first kappa shape index (κ1) is 26.6. The van der Waals surface area contributed by atoms with Crippen molar-refractivity contribution in [1.82, 2.24) is 9.88 Å². The minimum Gasteiger partial charge on any atom is -0.453 e. The number of nitrogens with two attached hydrogens (primary N) is 2. The van der Waals surface area contributed by atoms with Crippen molar-refractivity contribution in [2.24, 2.45) is 22.8 Å². The van der Waals surface area contributed by atoms with Crippen molar-refractivity contribution >= 4 is 34.9 Å². The number of likely N-dealkylation sites (tertiary alicyclic amines) is 1. The fraction of sp³-hybridized carbons (Fsp3) is 0.370. The molecule has 1 unspecified atom stereocenters. The van der Waals surface area contributed by atoms with Gasteiger partial charge in [-0.3, -0.25) is 5.32 Å². The number of nitrogens with zero attached hydrogens (tertiary/aromatic N) is 2. The molecule has 1 atom stereocenters. The van der Waals surface area contributed by atoms with Gasteiger partial charge in [0.15, 0.2) is 0 Å². The third-order valence-electron chi connectivity index (χ3n) is 6.50. The summed E-state index contributed by atoms with van der Waals surface area (Å²) in [5.41, 5.74) is 16.8. The monoisotopic (exact) mass is 492 g/mol. The van der Waals surface area contributed by atoms with Crippen LogP contribution in [0, 0.1) is 18.3 Å². The smallest absolute Gasteiger partial charge is 0.412 e. The Bertz CT molecular complexity index is 1180. The van der Waals surface area contributed by atoms with E-state index in [1.807, 2.05) is 30.0 Å². The molecule has 9 heteroatoms. The van der Waals surface area contributed by atoms with Gasteiger partial charge in [0.05, 0.1) is 7.11 Å². The number of allylic oxidation sites excluding steroid dienone is 2. The molecule has 2 heterocycles. The Labute approximate surface area is 212 Å². The predicted molar refractivity (Wildman–Crippen MR) is 144 cm³/mol. The lowest BCUT2D eigenvalue weighted by Gasteiger charge is -2.27. The summed E-state index contributed by atoms with van der Waals surface area (Å²) >= 11 is 0. The summed E-state index contributed by atoms with van der Waals surface area (Å²) in [4.78, 5) is 30.4. The van der Waals surface area contributed by atoms with E-state index in [2.05, 4.69) is 41.1 Å². The number of urea groups is 1. The van der Waals surface area contributed by atoms with E-state index in [4.69, 9.17) is 11.5 Å². The van der Waals surface area contributed by atoms with Crippen molar-refractivity contribution in [3.8, 4) is 0 Å². The second-order valence-corrected chi connectivity index (χ2v) is 10.0. The van der Waals surface area contributed by atoms with Gasteiger partial charge in [-0.25, -0.2) is 14.6 Å². The van der Waals surface area contributed by atoms with Crippen molar-refractivity contribution in [1.29, 1.82) is 0 Å². The first-order valence-corrected chi connectivity index (χ1v) is 11.9. The molecule has 0 saturated carbocycles. The highest BCUT2D eigenvalue weighted by Crippen LogP contribution is 2.34. The number of carbonyl (C=O) groups excluding carboxylic acids is 2. The molecule has 1 saturated heterocycles. The van der Waals surface area contributed by atoms with Gasteiger partial charge in [0, 0.05) is 42.4 Å². The van der Waals surface area contributed by atoms with Crippen LogP contribution in [-0.2, 0) is 4.74 Å². The van der Waals surface area contributed by atoms with Gasteiger partial charge >= 0.3 is 12.1 Å². The van der Waals surface area contributed by atoms with Crippen LogP contribution in [0.4, 0.5) is 21.1 Å². The number of hydrogen-bond acceptors (Lipinski definition) is 6. The molecule has 3 amide bonds. The number of rotatable bonds is 5. The van der Waals surface area contributed by atoms with Crippen LogP contribution in [0.25, 0.3) is 11.3 Å². The Morgan fingerprint density at radius 3 is 2.58 bits per heavy atom. The Balaban J connectivity index is 1.78. The largest absolute Gasteiger partial charge is 0.453 e. The lowest BCUT2D eigenvalue weighted by molar-refractivity contribution is 0.187. The molecule has 1 aliphatic heterocycles. The maximum Gasteiger partial charge on any atom is 0.412 e. The van der Waals surface area contributed by atoms with Crippen molar-refractivity contribution in [2.75, 3.05) is 30.8 Å². The quantitative estimate of drug-likeness (QED) is 0.444. The third-order valence-corrected chi connectivity index (χ3v) is 6.50. The molecule has 1 aromatic carbocycles. The summed E-state index contributed by atoms with van der Waals surface area (Å²) in [6.45, 7) is 10.1. The average molecular weight is 493 g/mol. The van der Waals surface area contributed by atoms with Crippen LogP contribution in [0.15, 0.2) is 48.8 Å². The zero-order valence-corrected chi connectivity index (χ0v) is 21.6. The van der Waals surface area contributed by atoms with Crippen LogP contribution < -0.4 is 22.1 Å². The molecule has 1 fully saturated rings. The van der Waals surface area contributed by atoms with Gasteiger partial charge in [-0.2, -0.15) is 0 Å². The lowest BCUT2D eigenvalue weighted by atomic mass is 9.80. The van der Waals surface area contributed by atoms with E-state index in [1.165, 1.54) is 13.3 Å². The molecular weight excluding hydrogens is 456 g/mol. The molecule has 6 N–H and O–H groups in total. The van der Waals surface area contributed by atoms with Gasteiger partial charge in [0.25, 0.3) is 0 Å². The fourth-order valence-corrected chi connectivity index (χ4v) is 4.17. The van der Waals surface area contributed by atoms with E-state index >= 15 is 0 Å². The topological polar surface area (TPSA) is 136 Å². The van der Waals surface area contributed by atoms with Crippen molar-refractivity contribution in [3.05, 3.63) is 65.5 Å². The normalized spacial score (nSPS) is 16.6. The molecule has 0 radical (unpaired) electrons. The Morgan fingerprint density at radius 1 is 1.19 bits per heavy atom. The Hall–Kier alpha value is -4.01.